The van der Waals surface area contributed by atoms with E-state index in [1.807, 2.05) is 4.90 Å². The molecule has 1 aromatic heterocycles. The molecule has 1 aromatic carbocycles. The SMILES string of the molecule is CC[C@H]1CCCCN1C(=O)CSc1n[nH]c(-c2cc(Cl)ccc2OC)n1. The summed E-state index contributed by atoms with van der Waals surface area (Å²) in [7, 11) is 1.60. The van der Waals surface area contributed by atoms with Crippen LogP contribution >= 0.6 is 23.4 Å². The molecule has 26 heavy (non-hydrogen) atoms. The van der Waals surface area contributed by atoms with E-state index in [-0.39, 0.29) is 5.91 Å². The largest absolute Gasteiger partial charge is 0.496 e. The number of nitrogens with one attached hydrogen (secondary N) is 1. The maximum Gasteiger partial charge on any atom is 0.233 e. The van der Waals surface area contributed by atoms with E-state index in [0.29, 0.717) is 33.5 Å². The fourth-order valence-electron chi connectivity index (χ4n) is 3.26. The third kappa shape index (κ3) is 4.32. The third-order valence-corrected chi connectivity index (χ3v) is 5.69. The molecule has 2 aromatic rings. The van der Waals surface area contributed by atoms with Crippen LogP contribution in [0, 0.1) is 0 Å². The maximum atomic E-state index is 12.6. The van der Waals surface area contributed by atoms with Crippen molar-refractivity contribution in [2.24, 2.45) is 0 Å². The smallest absolute Gasteiger partial charge is 0.233 e. The molecule has 1 N–H and O–H groups in total. The van der Waals surface area contributed by atoms with Gasteiger partial charge in [0, 0.05) is 17.6 Å². The molecule has 1 fully saturated rings. The number of methoxy groups -OCH3 is 1. The zero-order valence-corrected chi connectivity index (χ0v) is 16.6. The number of amides is 1. The summed E-state index contributed by atoms with van der Waals surface area (Å²) in [5, 5.41) is 8.25. The average molecular weight is 395 g/mol. The molecule has 0 unspecified atom stereocenters. The van der Waals surface area contributed by atoms with E-state index in [0.717, 1.165) is 31.4 Å². The minimum absolute atomic E-state index is 0.160. The standard InChI is InChI=1S/C18H23ClN4O2S/c1-3-13-6-4-5-9-23(13)16(24)11-26-18-20-17(21-22-18)14-10-12(19)7-8-15(14)25-2/h7-8,10,13H,3-6,9,11H2,1-2H3,(H,20,21,22)/t13-/m0/s1. The Kier molecular flexibility index (Phi) is 6.43. The van der Waals surface area contributed by atoms with Crippen LogP contribution in [0.3, 0.4) is 0 Å². The first-order chi connectivity index (χ1) is 12.6. The van der Waals surface area contributed by atoms with E-state index in [4.69, 9.17) is 16.3 Å². The number of carbonyl (C=O) groups is 1. The molecule has 6 nitrogen and oxygen atoms in total. The minimum atomic E-state index is 0.160. The quantitative estimate of drug-likeness (QED) is 0.749. The van der Waals surface area contributed by atoms with Gasteiger partial charge in [-0.15, -0.1) is 5.10 Å². The molecule has 1 aliphatic heterocycles. The Bertz CT molecular complexity index is 767. The van der Waals surface area contributed by atoms with Crippen molar-refractivity contribution in [1.82, 2.24) is 20.1 Å². The Labute approximate surface area is 162 Å². The minimum Gasteiger partial charge on any atom is -0.496 e. The van der Waals surface area contributed by atoms with E-state index in [2.05, 4.69) is 22.1 Å². The second kappa shape index (κ2) is 8.77. The Morgan fingerprint density at radius 3 is 3.08 bits per heavy atom. The lowest BCUT2D eigenvalue weighted by Crippen LogP contribution is -2.44. The average Bonchev–Trinajstić information content (AvgIpc) is 3.15. The first kappa shape index (κ1) is 19.0. The van der Waals surface area contributed by atoms with Crippen LogP contribution in [0.15, 0.2) is 23.4 Å². The number of thioether (sulfide) groups is 1. The van der Waals surface area contributed by atoms with Gasteiger partial charge < -0.3 is 9.64 Å². The van der Waals surface area contributed by atoms with Crippen molar-refractivity contribution in [2.45, 2.75) is 43.8 Å². The lowest BCUT2D eigenvalue weighted by atomic mass is 10.0. The monoisotopic (exact) mass is 394 g/mol. The van der Waals surface area contributed by atoms with Crippen molar-refractivity contribution in [3.05, 3.63) is 23.2 Å². The first-order valence-corrected chi connectivity index (χ1v) is 10.2. The molecule has 1 aliphatic rings. The fourth-order valence-corrected chi connectivity index (χ4v) is 4.12. The van der Waals surface area contributed by atoms with Crippen molar-refractivity contribution in [3.8, 4) is 17.1 Å². The molecule has 8 heteroatoms. The third-order valence-electron chi connectivity index (χ3n) is 4.63. The highest BCUT2D eigenvalue weighted by atomic mass is 35.5. The highest BCUT2D eigenvalue weighted by Crippen LogP contribution is 2.31. The van der Waals surface area contributed by atoms with Gasteiger partial charge >= 0.3 is 0 Å². The van der Waals surface area contributed by atoms with E-state index in [1.54, 1.807) is 25.3 Å². The van der Waals surface area contributed by atoms with Gasteiger partial charge in [0.1, 0.15) is 5.75 Å². The molecule has 0 saturated carbocycles. The molecule has 2 heterocycles. The highest BCUT2D eigenvalue weighted by molar-refractivity contribution is 7.99. The van der Waals surface area contributed by atoms with Gasteiger partial charge in [-0.25, -0.2) is 4.98 Å². The van der Waals surface area contributed by atoms with Gasteiger partial charge in [0.25, 0.3) is 0 Å². The maximum absolute atomic E-state index is 12.6. The summed E-state index contributed by atoms with van der Waals surface area (Å²) in [5.74, 6) is 1.75. The Balaban J connectivity index is 1.66. The van der Waals surface area contributed by atoms with Crippen molar-refractivity contribution in [3.63, 3.8) is 0 Å². The lowest BCUT2D eigenvalue weighted by molar-refractivity contribution is -0.132. The van der Waals surface area contributed by atoms with Gasteiger partial charge in [0.2, 0.25) is 11.1 Å². The number of H-pyrrole nitrogens is 1. The number of nitrogens with zero attached hydrogens (tertiary/aromatic N) is 3. The van der Waals surface area contributed by atoms with Crippen molar-refractivity contribution < 1.29 is 9.53 Å². The van der Waals surface area contributed by atoms with E-state index in [9.17, 15) is 4.79 Å². The van der Waals surface area contributed by atoms with Gasteiger partial charge in [0.15, 0.2) is 5.82 Å². The van der Waals surface area contributed by atoms with Gasteiger partial charge in [-0.2, -0.15) is 0 Å². The van der Waals surface area contributed by atoms with Crippen LogP contribution in [0.4, 0.5) is 0 Å². The molecule has 1 atom stereocenters. The number of benzene rings is 1. The zero-order valence-electron chi connectivity index (χ0n) is 15.0. The van der Waals surface area contributed by atoms with Gasteiger partial charge in [-0.05, 0) is 43.9 Å². The van der Waals surface area contributed by atoms with E-state index in [1.165, 1.54) is 18.2 Å². The van der Waals surface area contributed by atoms with Crippen LogP contribution in [0.2, 0.25) is 5.02 Å². The topological polar surface area (TPSA) is 71.1 Å². The Morgan fingerprint density at radius 2 is 2.31 bits per heavy atom. The summed E-state index contributed by atoms with van der Waals surface area (Å²) in [6.07, 6.45) is 4.41. The van der Waals surface area contributed by atoms with Gasteiger partial charge in [-0.3, -0.25) is 9.89 Å². The lowest BCUT2D eigenvalue weighted by Gasteiger charge is -2.35. The number of aromatic nitrogens is 3. The van der Waals surface area contributed by atoms with Crippen LogP contribution in [0.5, 0.6) is 5.75 Å². The normalized spacial score (nSPS) is 17.3. The number of piperidine rings is 1. The predicted octanol–water partition coefficient (Wildman–Crippen LogP) is 4.02. The van der Waals surface area contributed by atoms with Crippen LogP contribution in [-0.4, -0.2) is 51.4 Å². The summed E-state index contributed by atoms with van der Waals surface area (Å²) >= 11 is 7.42. The number of aromatic amines is 1. The molecule has 1 saturated heterocycles. The molecule has 0 radical (unpaired) electrons. The number of halogens is 1. The summed E-state index contributed by atoms with van der Waals surface area (Å²) in [6, 6.07) is 5.70. The summed E-state index contributed by atoms with van der Waals surface area (Å²) in [4.78, 5) is 19.1. The van der Waals surface area contributed by atoms with Crippen molar-refractivity contribution in [1.29, 1.82) is 0 Å². The summed E-state index contributed by atoms with van der Waals surface area (Å²) in [5.41, 5.74) is 0.743. The number of hydrogen-bond acceptors (Lipinski definition) is 5. The molecule has 0 spiro atoms. The molecular weight excluding hydrogens is 372 g/mol. The van der Waals surface area contributed by atoms with Gasteiger partial charge in [0.05, 0.1) is 18.4 Å². The second-order valence-corrected chi connectivity index (χ2v) is 7.62. The number of carbonyl (C=O) groups excluding carboxylic acids is 1. The van der Waals surface area contributed by atoms with Crippen molar-refractivity contribution in [2.75, 3.05) is 19.4 Å². The highest BCUT2D eigenvalue weighted by Gasteiger charge is 2.25. The summed E-state index contributed by atoms with van der Waals surface area (Å²) < 4.78 is 5.35. The predicted molar refractivity (Wildman–Crippen MR) is 104 cm³/mol. The van der Waals surface area contributed by atoms with Crippen LogP contribution in [0.25, 0.3) is 11.4 Å². The molecule has 0 bridgehead atoms. The van der Waals surface area contributed by atoms with E-state index >= 15 is 0 Å². The van der Waals surface area contributed by atoms with Crippen LogP contribution in [-0.2, 0) is 4.79 Å². The molecule has 0 aliphatic carbocycles. The molecule has 3 rings (SSSR count). The second-order valence-electron chi connectivity index (χ2n) is 6.24. The molecular formula is C18H23ClN4O2S. The van der Waals surface area contributed by atoms with Crippen LogP contribution in [0.1, 0.15) is 32.6 Å². The number of hydrogen-bond donors (Lipinski definition) is 1. The number of ether oxygens (including phenoxy) is 1. The Hall–Kier alpha value is -1.73. The Morgan fingerprint density at radius 1 is 1.46 bits per heavy atom. The van der Waals surface area contributed by atoms with Gasteiger partial charge in [-0.1, -0.05) is 30.3 Å². The molecule has 1 amide bonds. The number of rotatable bonds is 6. The first-order valence-electron chi connectivity index (χ1n) is 8.81. The molecule has 140 valence electrons. The summed E-state index contributed by atoms with van der Waals surface area (Å²) in [6.45, 7) is 3.00. The fraction of sp³-hybridized carbons (Fsp3) is 0.500. The van der Waals surface area contributed by atoms with Crippen LogP contribution < -0.4 is 4.74 Å². The number of likely N-dealkylation sites (tertiary alicyclic amines) is 1. The van der Waals surface area contributed by atoms with Crippen molar-refractivity contribution >= 4 is 29.3 Å². The van der Waals surface area contributed by atoms with E-state index < -0.39 is 0 Å². The zero-order chi connectivity index (χ0) is 18.5.